The molecule has 3 aromatic rings. The van der Waals surface area contributed by atoms with Crippen LogP contribution in [0.2, 0.25) is 0 Å². The number of nitrogens with one attached hydrogen (secondary N) is 1. The molecule has 6 heteroatoms. The zero-order valence-electron chi connectivity index (χ0n) is 18.5. The normalized spacial score (nSPS) is 13.8. The third-order valence-electron chi connectivity index (χ3n) is 5.77. The van der Waals surface area contributed by atoms with Crippen molar-refractivity contribution in [3.63, 3.8) is 0 Å². The molecule has 1 aliphatic heterocycles. The molecule has 1 fully saturated rings. The van der Waals surface area contributed by atoms with Crippen molar-refractivity contribution in [1.82, 2.24) is 4.90 Å². The number of benzene rings is 2. The first-order valence-corrected chi connectivity index (χ1v) is 11.8. The van der Waals surface area contributed by atoms with Crippen molar-refractivity contribution in [1.29, 1.82) is 0 Å². The second-order valence-corrected chi connectivity index (χ2v) is 9.09. The third kappa shape index (κ3) is 4.76. The Kier molecular flexibility index (Phi) is 7.02. The van der Waals surface area contributed by atoms with E-state index in [4.69, 9.17) is 4.74 Å². The molecule has 0 radical (unpaired) electrons. The van der Waals surface area contributed by atoms with Crippen LogP contribution in [0.1, 0.15) is 51.1 Å². The van der Waals surface area contributed by atoms with Gasteiger partial charge in [0, 0.05) is 30.6 Å². The predicted octanol–water partition coefficient (Wildman–Crippen LogP) is 5.75. The quantitative estimate of drug-likeness (QED) is 0.522. The molecule has 1 aliphatic rings. The fraction of sp³-hybridized carbons (Fsp3) is 0.308. The minimum absolute atomic E-state index is 0.00376. The van der Waals surface area contributed by atoms with Crippen molar-refractivity contribution < 1.29 is 14.3 Å². The Labute approximate surface area is 193 Å². The summed E-state index contributed by atoms with van der Waals surface area (Å²) in [5.74, 6) is -0.222. The summed E-state index contributed by atoms with van der Waals surface area (Å²) >= 11 is 1.46. The van der Waals surface area contributed by atoms with E-state index in [1.54, 1.807) is 13.2 Å². The molecule has 4 rings (SSSR count). The number of ether oxygens (including phenoxy) is 1. The van der Waals surface area contributed by atoms with Crippen LogP contribution in [0, 0.1) is 6.92 Å². The lowest BCUT2D eigenvalue weighted by Crippen LogP contribution is -2.36. The Bertz CT molecular complexity index is 1100. The predicted molar refractivity (Wildman–Crippen MR) is 129 cm³/mol. The minimum atomic E-state index is -0.225. The number of thiophene rings is 1. The highest BCUT2D eigenvalue weighted by atomic mass is 32.1. The molecule has 0 bridgehead atoms. The lowest BCUT2D eigenvalue weighted by molar-refractivity contribution is 0.0725. The van der Waals surface area contributed by atoms with Gasteiger partial charge in [-0.2, -0.15) is 0 Å². The van der Waals surface area contributed by atoms with Gasteiger partial charge in [-0.25, -0.2) is 0 Å². The van der Waals surface area contributed by atoms with Crippen molar-refractivity contribution in [2.75, 3.05) is 25.5 Å². The Morgan fingerprint density at radius 2 is 1.78 bits per heavy atom. The van der Waals surface area contributed by atoms with Crippen LogP contribution in [0.15, 0.2) is 54.6 Å². The SMILES string of the molecule is COCc1cccc(C(=O)Nc2sc(-c3ccccc3)c(C)c2C(=O)N2CCCCC2)c1. The Morgan fingerprint density at radius 3 is 2.50 bits per heavy atom. The van der Waals surface area contributed by atoms with Crippen LogP contribution in [0.4, 0.5) is 5.00 Å². The van der Waals surface area contributed by atoms with E-state index in [2.05, 4.69) is 5.32 Å². The summed E-state index contributed by atoms with van der Waals surface area (Å²) in [4.78, 5) is 29.5. The van der Waals surface area contributed by atoms with E-state index in [-0.39, 0.29) is 11.8 Å². The van der Waals surface area contributed by atoms with E-state index in [0.717, 1.165) is 53.9 Å². The number of likely N-dealkylation sites (tertiary alicyclic amines) is 1. The van der Waals surface area contributed by atoms with E-state index >= 15 is 0 Å². The maximum Gasteiger partial charge on any atom is 0.257 e. The van der Waals surface area contributed by atoms with Crippen LogP contribution < -0.4 is 5.32 Å². The number of carbonyl (C=O) groups is 2. The molecule has 32 heavy (non-hydrogen) atoms. The third-order valence-corrected chi connectivity index (χ3v) is 7.02. The first-order chi connectivity index (χ1) is 15.6. The van der Waals surface area contributed by atoms with E-state index < -0.39 is 0 Å². The second kappa shape index (κ2) is 10.1. The maximum absolute atomic E-state index is 13.5. The monoisotopic (exact) mass is 448 g/mol. The minimum Gasteiger partial charge on any atom is -0.380 e. The van der Waals surface area contributed by atoms with Gasteiger partial charge in [0.25, 0.3) is 11.8 Å². The van der Waals surface area contributed by atoms with Gasteiger partial charge in [-0.3, -0.25) is 9.59 Å². The summed E-state index contributed by atoms with van der Waals surface area (Å²) in [6.45, 7) is 3.95. The molecule has 2 amide bonds. The molecule has 0 spiro atoms. The van der Waals surface area contributed by atoms with Crippen molar-refractivity contribution in [2.45, 2.75) is 32.8 Å². The van der Waals surface area contributed by atoms with Gasteiger partial charge in [-0.05, 0) is 55.0 Å². The molecule has 0 atom stereocenters. The number of hydrogen-bond acceptors (Lipinski definition) is 4. The first-order valence-electron chi connectivity index (χ1n) is 11.0. The van der Waals surface area contributed by atoms with Gasteiger partial charge >= 0.3 is 0 Å². The maximum atomic E-state index is 13.5. The zero-order valence-corrected chi connectivity index (χ0v) is 19.3. The van der Waals surface area contributed by atoms with Crippen LogP contribution in [-0.4, -0.2) is 36.9 Å². The van der Waals surface area contributed by atoms with Crippen LogP contribution in [0.5, 0.6) is 0 Å². The standard InChI is InChI=1S/C26H28N2O3S/c1-18-22(26(30)28-14-7-4-8-15-28)25(32-23(18)20-11-5-3-6-12-20)27-24(29)21-13-9-10-19(16-21)17-31-2/h3,5-6,9-13,16H,4,7-8,14-15,17H2,1-2H3,(H,27,29). The molecule has 5 nitrogen and oxygen atoms in total. The number of anilines is 1. The molecular formula is C26H28N2O3S. The van der Waals surface area contributed by atoms with E-state index in [0.29, 0.717) is 22.7 Å². The summed E-state index contributed by atoms with van der Waals surface area (Å²) in [5.41, 5.74) is 4.04. The molecule has 0 aliphatic carbocycles. The largest absolute Gasteiger partial charge is 0.380 e. The number of hydrogen-bond donors (Lipinski definition) is 1. The highest BCUT2D eigenvalue weighted by Gasteiger charge is 2.28. The van der Waals surface area contributed by atoms with E-state index in [1.165, 1.54) is 11.3 Å². The second-order valence-electron chi connectivity index (χ2n) is 8.07. The van der Waals surface area contributed by atoms with Gasteiger partial charge in [0.1, 0.15) is 5.00 Å². The molecule has 2 aromatic carbocycles. The number of piperidine rings is 1. The van der Waals surface area contributed by atoms with E-state index in [9.17, 15) is 9.59 Å². The molecule has 1 saturated heterocycles. The Hall–Kier alpha value is -2.96. The number of amides is 2. The number of nitrogens with zero attached hydrogens (tertiary/aromatic N) is 1. The highest BCUT2D eigenvalue weighted by molar-refractivity contribution is 7.20. The number of carbonyl (C=O) groups excluding carboxylic acids is 2. The van der Waals surface area contributed by atoms with Gasteiger partial charge in [0.2, 0.25) is 0 Å². The van der Waals surface area contributed by atoms with Gasteiger partial charge in [-0.1, -0.05) is 42.5 Å². The van der Waals surface area contributed by atoms with Crippen LogP contribution in [0.25, 0.3) is 10.4 Å². The number of methoxy groups -OCH3 is 1. The smallest absolute Gasteiger partial charge is 0.257 e. The fourth-order valence-electron chi connectivity index (χ4n) is 4.12. The van der Waals surface area contributed by atoms with Gasteiger partial charge in [0.15, 0.2) is 0 Å². The van der Waals surface area contributed by atoms with Crippen molar-refractivity contribution in [2.24, 2.45) is 0 Å². The van der Waals surface area contributed by atoms with Crippen molar-refractivity contribution in [3.8, 4) is 10.4 Å². The summed E-state index contributed by atoms with van der Waals surface area (Å²) < 4.78 is 5.19. The average Bonchev–Trinajstić information content (AvgIpc) is 3.15. The highest BCUT2D eigenvalue weighted by Crippen LogP contribution is 2.41. The van der Waals surface area contributed by atoms with Crippen LogP contribution in [-0.2, 0) is 11.3 Å². The lowest BCUT2D eigenvalue weighted by atomic mass is 10.0. The molecular weight excluding hydrogens is 420 g/mol. The topological polar surface area (TPSA) is 58.6 Å². The molecule has 1 N–H and O–H groups in total. The molecule has 166 valence electrons. The summed E-state index contributed by atoms with van der Waals surface area (Å²) in [7, 11) is 1.63. The van der Waals surface area contributed by atoms with Crippen molar-refractivity contribution in [3.05, 3.63) is 76.9 Å². The summed E-state index contributed by atoms with van der Waals surface area (Å²) in [6, 6.07) is 17.4. The van der Waals surface area contributed by atoms with Crippen molar-refractivity contribution >= 4 is 28.2 Å². The Morgan fingerprint density at radius 1 is 1.03 bits per heavy atom. The van der Waals surface area contributed by atoms with Crippen LogP contribution >= 0.6 is 11.3 Å². The molecule has 0 unspecified atom stereocenters. The van der Waals surface area contributed by atoms with E-state index in [1.807, 2.05) is 60.4 Å². The summed E-state index contributed by atoms with van der Waals surface area (Å²) in [6.07, 6.45) is 3.20. The molecule has 1 aromatic heterocycles. The van der Waals surface area contributed by atoms with Gasteiger partial charge in [0.05, 0.1) is 12.2 Å². The lowest BCUT2D eigenvalue weighted by Gasteiger charge is -2.27. The van der Waals surface area contributed by atoms with Crippen LogP contribution in [0.3, 0.4) is 0 Å². The molecule has 0 saturated carbocycles. The van der Waals surface area contributed by atoms with Gasteiger partial charge < -0.3 is 15.0 Å². The average molecular weight is 449 g/mol. The summed E-state index contributed by atoms with van der Waals surface area (Å²) in [5, 5.41) is 3.65. The number of rotatable bonds is 6. The fourth-order valence-corrected chi connectivity index (χ4v) is 5.32. The first kappa shape index (κ1) is 22.2. The van der Waals surface area contributed by atoms with Gasteiger partial charge in [-0.15, -0.1) is 11.3 Å². The zero-order chi connectivity index (χ0) is 22.5. The Balaban J connectivity index is 1.70. The molecule has 2 heterocycles.